The Morgan fingerprint density at radius 2 is 0.345 bits per heavy atom. The predicted octanol–water partition coefficient (Wildman–Crippen LogP) is 22.9. The Morgan fingerprint density at radius 3 is 0.536 bits per heavy atom. The number of fused-ring (bicyclic) bond motifs is 1. The van der Waals surface area contributed by atoms with E-state index >= 15 is 0 Å². The van der Waals surface area contributed by atoms with Crippen molar-refractivity contribution in [2.75, 3.05) is 19.6 Å². The molecule has 4 heteroatoms. The third kappa shape index (κ3) is 12.1. The molecule has 0 heterocycles. The van der Waals surface area contributed by atoms with E-state index in [4.69, 9.17) is 0 Å². The molecule has 0 aliphatic rings. The van der Waals surface area contributed by atoms with Gasteiger partial charge in [-0.2, -0.15) is 0 Å². The van der Waals surface area contributed by atoms with Crippen LogP contribution in [0.5, 0.6) is 0 Å². The average Bonchev–Trinajstić information content (AvgIpc) is 1.87. The molecular formula is C80H68N4. The molecule has 12 aromatic rings. The van der Waals surface area contributed by atoms with Gasteiger partial charge in [0.15, 0.2) is 0 Å². The van der Waals surface area contributed by atoms with Gasteiger partial charge in [-0.25, -0.2) is 0 Å². The molecule has 12 aromatic carbocycles. The van der Waals surface area contributed by atoms with Gasteiger partial charge in [0.2, 0.25) is 0 Å². The number of nitrogens with zero attached hydrogens (tertiary/aromatic N) is 4. The van der Waals surface area contributed by atoms with Gasteiger partial charge in [0, 0.05) is 67.6 Å². The number of hydrogen-bond acceptors (Lipinski definition) is 4. The number of benzene rings is 12. The van der Waals surface area contributed by atoms with E-state index in [1.807, 2.05) is 0 Å². The van der Waals surface area contributed by atoms with Crippen LogP contribution in [-0.2, 0) is 0 Å². The Kier molecular flexibility index (Phi) is 15.7. The standard InChI is InChI=1S/C80H68N4/c1-57-11-35-67(36-12-57)81(68-37-13-58(2)14-38-68)71-47-27-63(28-48-71)23-25-65-31-51-75(52-32-65)83(73-43-19-61(5)20-44-73)79-55-56-80(78-10-8-7-9-77(78)79)84(74-45-21-62(6)22-46-74)76-53-33-66(34-54-76)26-24-64-29-49-72(50-30-64)82(69-39-15-59(3)16-40-69)70-41-17-60(4)18-42-70/h7-56H,1-6H3/b25-23+,26-24+. The van der Waals surface area contributed by atoms with Crippen LogP contribution in [0.15, 0.2) is 279 Å². The first-order valence-electron chi connectivity index (χ1n) is 29.0. The zero-order valence-electron chi connectivity index (χ0n) is 48.7. The maximum atomic E-state index is 2.39. The van der Waals surface area contributed by atoms with E-state index in [0.29, 0.717) is 0 Å². The highest BCUT2D eigenvalue weighted by molar-refractivity contribution is 6.07. The van der Waals surface area contributed by atoms with Crippen molar-refractivity contribution in [2.24, 2.45) is 0 Å². The lowest BCUT2D eigenvalue weighted by atomic mass is 10.0. The van der Waals surface area contributed by atoms with Crippen molar-refractivity contribution in [1.82, 2.24) is 0 Å². The van der Waals surface area contributed by atoms with Crippen LogP contribution < -0.4 is 19.6 Å². The number of anilines is 12. The van der Waals surface area contributed by atoms with Gasteiger partial charge in [-0.3, -0.25) is 0 Å². The molecule has 0 amide bonds. The van der Waals surface area contributed by atoms with E-state index in [-0.39, 0.29) is 0 Å². The lowest BCUT2D eigenvalue weighted by molar-refractivity contribution is 1.27. The van der Waals surface area contributed by atoms with Crippen molar-refractivity contribution >= 4 is 103 Å². The summed E-state index contributed by atoms with van der Waals surface area (Å²) in [7, 11) is 0. The van der Waals surface area contributed by atoms with E-state index in [0.717, 1.165) is 101 Å². The fourth-order valence-corrected chi connectivity index (χ4v) is 10.9. The van der Waals surface area contributed by atoms with Crippen LogP contribution in [0.4, 0.5) is 68.2 Å². The minimum absolute atomic E-state index is 1.08. The minimum Gasteiger partial charge on any atom is -0.311 e. The van der Waals surface area contributed by atoms with Crippen molar-refractivity contribution in [3.8, 4) is 0 Å². The monoisotopic (exact) mass is 1080 g/mol. The normalized spacial score (nSPS) is 11.4. The fourth-order valence-electron chi connectivity index (χ4n) is 10.9. The number of hydrogen-bond donors (Lipinski definition) is 0. The van der Waals surface area contributed by atoms with E-state index in [2.05, 4.69) is 364 Å². The molecule has 0 saturated carbocycles. The van der Waals surface area contributed by atoms with Crippen molar-refractivity contribution in [3.05, 3.63) is 335 Å². The van der Waals surface area contributed by atoms with E-state index in [9.17, 15) is 0 Å². The third-order valence-electron chi connectivity index (χ3n) is 15.7. The van der Waals surface area contributed by atoms with E-state index in [1.165, 1.54) is 33.4 Å². The Labute approximate surface area is 496 Å². The first-order valence-corrected chi connectivity index (χ1v) is 29.0. The van der Waals surface area contributed by atoms with E-state index < -0.39 is 0 Å². The molecule has 0 N–H and O–H groups in total. The highest BCUT2D eigenvalue weighted by Gasteiger charge is 2.22. The largest absolute Gasteiger partial charge is 0.311 e. The first kappa shape index (κ1) is 54.2. The first-order chi connectivity index (χ1) is 41.1. The summed E-state index contributed by atoms with van der Waals surface area (Å²) in [5, 5.41) is 2.30. The Morgan fingerprint density at radius 1 is 0.179 bits per heavy atom. The van der Waals surface area contributed by atoms with Crippen molar-refractivity contribution in [2.45, 2.75) is 41.5 Å². The summed E-state index contributed by atoms with van der Waals surface area (Å²) in [4.78, 5) is 9.41. The van der Waals surface area contributed by atoms with Gasteiger partial charge in [0.25, 0.3) is 0 Å². The van der Waals surface area contributed by atoms with Crippen LogP contribution in [0.1, 0.15) is 55.6 Å². The number of rotatable bonds is 16. The molecule has 84 heavy (non-hydrogen) atoms. The second kappa shape index (κ2) is 24.4. The van der Waals surface area contributed by atoms with Crippen LogP contribution in [0.2, 0.25) is 0 Å². The SMILES string of the molecule is Cc1ccc(N(c2ccc(C)cc2)c2ccc(/C=C/c3ccc(N(c4ccc(C)cc4)c4ccc(N(c5ccc(C)cc5)c5ccc(/C=C/c6ccc(N(c7ccc(C)cc7)c7ccc(C)cc7)cc6)cc5)c5ccccc45)cc3)cc2)cc1. The van der Waals surface area contributed by atoms with Crippen LogP contribution in [0.25, 0.3) is 35.1 Å². The Hall–Kier alpha value is -10.4. The van der Waals surface area contributed by atoms with Crippen LogP contribution >= 0.6 is 0 Å². The molecular weight excluding hydrogens is 1020 g/mol. The van der Waals surface area contributed by atoms with Gasteiger partial charge >= 0.3 is 0 Å². The fraction of sp³-hybridized carbons (Fsp3) is 0.0750. The van der Waals surface area contributed by atoms with Crippen LogP contribution in [-0.4, -0.2) is 0 Å². The maximum absolute atomic E-state index is 2.39. The van der Waals surface area contributed by atoms with Crippen molar-refractivity contribution in [3.63, 3.8) is 0 Å². The smallest absolute Gasteiger partial charge is 0.0541 e. The van der Waals surface area contributed by atoms with Gasteiger partial charge in [0.05, 0.1) is 11.4 Å². The zero-order chi connectivity index (χ0) is 57.5. The average molecular weight is 1090 g/mol. The summed E-state index contributed by atoms with van der Waals surface area (Å²) in [6.45, 7) is 12.8. The molecule has 0 bridgehead atoms. The summed E-state index contributed by atoms with van der Waals surface area (Å²) in [6, 6.07) is 102. The number of aryl methyl sites for hydroxylation is 6. The highest BCUT2D eigenvalue weighted by Crippen LogP contribution is 2.46. The van der Waals surface area contributed by atoms with Crippen molar-refractivity contribution in [1.29, 1.82) is 0 Å². The molecule has 0 fully saturated rings. The topological polar surface area (TPSA) is 13.0 Å². The summed E-state index contributed by atoms with van der Waals surface area (Å²) in [5.74, 6) is 0. The lowest BCUT2D eigenvalue weighted by Crippen LogP contribution is -2.13. The molecule has 4 nitrogen and oxygen atoms in total. The molecule has 0 aliphatic heterocycles. The van der Waals surface area contributed by atoms with Gasteiger partial charge in [-0.05, 0) is 197 Å². The molecule has 0 radical (unpaired) electrons. The molecule has 408 valence electrons. The second-order valence-corrected chi connectivity index (χ2v) is 22.0. The Bertz CT molecular complexity index is 3850. The van der Waals surface area contributed by atoms with Gasteiger partial charge in [-0.1, -0.05) is 203 Å². The van der Waals surface area contributed by atoms with Gasteiger partial charge < -0.3 is 19.6 Å². The minimum atomic E-state index is 1.08. The molecule has 0 spiro atoms. The summed E-state index contributed by atoms with van der Waals surface area (Å²) < 4.78 is 0. The molecule has 0 aliphatic carbocycles. The zero-order valence-corrected chi connectivity index (χ0v) is 48.7. The van der Waals surface area contributed by atoms with Crippen molar-refractivity contribution < 1.29 is 0 Å². The summed E-state index contributed by atoms with van der Waals surface area (Å²) >= 11 is 0. The lowest BCUT2D eigenvalue weighted by Gasteiger charge is -2.30. The quantitative estimate of drug-likeness (QED) is 0.0894. The predicted molar refractivity (Wildman–Crippen MR) is 362 cm³/mol. The maximum Gasteiger partial charge on any atom is 0.0541 e. The summed E-state index contributed by atoms with van der Waals surface area (Å²) in [5.41, 5.74) is 25.2. The van der Waals surface area contributed by atoms with Crippen LogP contribution in [0, 0.1) is 41.5 Å². The third-order valence-corrected chi connectivity index (χ3v) is 15.7. The van der Waals surface area contributed by atoms with Crippen LogP contribution in [0.3, 0.4) is 0 Å². The van der Waals surface area contributed by atoms with Gasteiger partial charge in [-0.15, -0.1) is 0 Å². The molecule has 12 rings (SSSR count). The Balaban J connectivity index is 0.822. The summed E-state index contributed by atoms with van der Waals surface area (Å²) in [6.07, 6.45) is 8.79. The van der Waals surface area contributed by atoms with E-state index in [1.54, 1.807) is 0 Å². The highest BCUT2D eigenvalue weighted by atomic mass is 15.2. The second-order valence-electron chi connectivity index (χ2n) is 22.0. The molecule has 0 saturated heterocycles. The van der Waals surface area contributed by atoms with Gasteiger partial charge in [0.1, 0.15) is 0 Å². The molecule has 0 aromatic heterocycles. The molecule has 0 atom stereocenters. The molecule has 0 unspecified atom stereocenters.